The molecule has 0 bridgehead atoms. The van der Waals surface area contributed by atoms with Gasteiger partial charge in [0, 0.05) is 27.0 Å². The average molecular weight is 545 g/mol. The van der Waals surface area contributed by atoms with Gasteiger partial charge in [-0.1, -0.05) is 83.5 Å². The van der Waals surface area contributed by atoms with Crippen LogP contribution in [0.3, 0.4) is 0 Å². The minimum absolute atomic E-state index is 0.0755. The second-order valence-corrected chi connectivity index (χ2v) is 10.5. The van der Waals surface area contributed by atoms with E-state index < -0.39 is 0 Å². The van der Waals surface area contributed by atoms with Gasteiger partial charge < -0.3 is 10.2 Å². The first kappa shape index (κ1) is 25.2. The summed E-state index contributed by atoms with van der Waals surface area (Å²) in [4.78, 5) is 29.5. The fourth-order valence-corrected chi connectivity index (χ4v) is 5.40. The van der Waals surface area contributed by atoms with Crippen LogP contribution >= 0.6 is 35.0 Å². The number of carbonyl (C=O) groups is 2. The number of halogens is 2. The molecule has 7 heteroatoms. The first-order valence-electron chi connectivity index (χ1n) is 11.6. The van der Waals surface area contributed by atoms with E-state index in [1.54, 1.807) is 29.2 Å². The second kappa shape index (κ2) is 11.3. The molecule has 1 aliphatic heterocycles. The molecule has 2 amide bonds. The Morgan fingerprint density at radius 3 is 2.35 bits per heavy atom. The van der Waals surface area contributed by atoms with Crippen molar-refractivity contribution in [1.29, 1.82) is 0 Å². The smallest absolute Gasteiger partial charge is 0.265 e. The number of nitrogens with zero attached hydrogens (tertiary/aromatic N) is 1. The fourth-order valence-electron chi connectivity index (χ4n) is 4.01. The van der Waals surface area contributed by atoms with Crippen LogP contribution < -0.4 is 10.2 Å². The Labute approximate surface area is 229 Å². The molecule has 0 spiro atoms. The summed E-state index contributed by atoms with van der Waals surface area (Å²) in [6.07, 6.45) is 1.86. The molecular formula is C30H22Cl2N2O2S. The number of hydrogen-bond acceptors (Lipinski definition) is 3. The van der Waals surface area contributed by atoms with Crippen LogP contribution in [0.2, 0.25) is 10.0 Å². The Morgan fingerprint density at radius 1 is 0.838 bits per heavy atom. The van der Waals surface area contributed by atoms with Crippen molar-refractivity contribution in [3.8, 4) is 0 Å². The van der Waals surface area contributed by atoms with Gasteiger partial charge in [-0.15, -0.1) is 0 Å². The lowest BCUT2D eigenvalue weighted by molar-refractivity contribution is -0.114. The summed E-state index contributed by atoms with van der Waals surface area (Å²) in [5, 5.41) is 4.21. The Hall–Kier alpha value is -3.51. The van der Waals surface area contributed by atoms with Gasteiger partial charge in [0.05, 0.1) is 17.1 Å². The second-order valence-electron chi connectivity index (χ2n) is 8.53. The summed E-state index contributed by atoms with van der Waals surface area (Å²) in [7, 11) is 0. The number of amides is 2. The van der Waals surface area contributed by atoms with Crippen LogP contribution in [0.25, 0.3) is 6.08 Å². The third-order valence-electron chi connectivity index (χ3n) is 5.90. The van der Waals surface area contributed by atoms with Gasteiger partial charge >= 0.3 is 0 Å². The standard InChI is InChI=1S/C30H22Cl2N2O2S/c31-24-14-10-21(11-15-24)18-33-29(35)23-12-8-20(9-13-23)17-28-30(36)34(19-22-4-3-5-25(32)16-22)26-6-1-2-7-27(26)37-28/h1-17H,18-19H2,(H,33,35). The lowest BCUT2D eigenvalue weighted by Gasteiger charge is -2.30. The van der Waals surface area contributed by atoms with Crippen molar-refractivity contribution < 1.29 is 9.59 Å². The lowest BCUT2D eigenvalue weighted by atomic mass is 10.1. The highest BCUT2D eigenvalue weighted by atomic mass is 35.5. The summed E-state index contributed by atoms with van der Waals surface area (Å²) in [6.45, 7) is 0.829. The van der Waals surface area contributed by atoms with Gasteiger partial charge in [0.2, 0.25) is 0 Å². The van der Waals surface area contributed by atoms with Crippen molar-refractivity contribution in [2.45, 2.75) is 18.0 Å². The number of rotatable bonds is 6. The summed E-state index contributed by atoms with van der Waals surface area (Å²) in [5.41, 5.74) is 4.19. The molecular weight excluding hydrogens is 523 g/mol. The maximum atomic E-state index is 13.5. The van der Waals surface area contributed by atoms with Gasteiger partial charge in [0.15, 0.2) is 0 Å². The highest BCUT2D eigenvalue weighted by Gasteiger charge is 2.29. The maximum Gasteiger partial charge on any atom is 0.265 e. The molecule has 0 fully saturated rings. The predicted octanol–water partition coefficient (Wildman–Crippen LogP) is 7.60. The van der Waals surface area contributed by atoms with E-state index in [-0.39, 0.29) is 11.8 Å². The molecule has 1 N–H and O–H groups in total. The van der Waals surface area contributed by atoms with E-state index in [4.69, 9.17) is 23.2 Å². The first-order valence-corrected chi connectivity index (χ1v) is 13.2. The van der Waals surface area contributed by atoms with Crippen LogP contribution in [0.15, 0.2) is 107 Å². The molecule has 0 aromatic heterocycles. The SMILES string of the molecule is O=C(NCc1ccc(Cl)cc1)c1ccc(C=C2Sc3ccccc3N(Cc3cccc(Cl)c3)C2=O)cc1. The molecule has 4 aromatic rings. The summed E-state index contributed by atoms with van der Waals surface area (Å²) in [5.74, 6) is -0.243. The van der Waals surface area contributed by atoms with Crippen molar-refractivity contribution in [3.63, 3.8) is 0 Å². The molecule has 0 atom stereocenters. The van der Waals surface area contributed by atoms with Gasteiger partial charge in [-0.3, -0.25) is 9.59 Å². The molecule has 0 radical (unpaired) electrons. The number of anilines is 1. The van der Waals surface area contributed by atoms with Crippen molar-refractivity contribution in [2.24, 2.45) is 0 Å². The van der Waals surface area contributed by atoms with Gasteiger partial charge in [0.25, 0.3) is 11.8 Å². The van der Waals surface area contributed by atoms with Crippen molar-refractivity contribution in [1.82, 2.24) is 5.32 Å². The van der Waals surface area contributed by atoms with E-state index in [0.717, 1.165) is 27.3 Å². The zero-order valence-electron chi connectivity index (χ0n) is 19.7. The van der Waals surface area contributed by atoms with Crippen LogP contribution in [0.1, 0.15) is 27.0 Å². The first-order chi connectivity index (χ1) is 18.0. The van der Waals surface area contributed by atoms with E-state index >= 15 is 0 Å². The van der Waals surface area contributed by atoms with Crippen LogP contribution in [0.4, 0.5) is 5.69 Å². The highest BCUT2D eigenvalue weighted by Crippen LogP contribution is 2.42. The Kier molecular flexibility index (Phi) is 7.65. The number of thioether (sulfide) groups is 1. The Balaban J connectivity index is 1.33. The summed E-state index contributed by atoms with van der Waals surface area (Å²) in [6, 6.07) is 30.0. The van der Waals surface area contributed by atoms with Crippen LogP contribution in [0.5, 0.6) is 0 Å². The average Bonchev–Trinajstić information content (AvgIpc) is 2.91. The van der Waals surface area contributed by atoms with E-state index in [1.165, 1.54) is 11.8 Å². The van der Waals surface area contributed by atoms with Crippen molar-refractivity contribution >= 4 is 58.5 Å². The number of hydrogen-bond donors (Lipinski definition) is 1. The molecule has 0 saturated carbocycles. The molecule has 0 aliphatic carbocycles. The maximum absolute atomic E-state index is 13.5. The Bertz CT molecular complexity index is 1480. The summed E-state index contributed by atoms with van der Waals surface area (Å²) < 4.78 is 0. The number of benzene rings is 4. The van der Waals surface area contributed by atoms with Gasteiger partial charge in [-0.2, -0.15) is 0 Å². The van der Waals surface area contributed by atoms with Crippen molar-refractivity contribution in [3.05, 3.63) is 134 Å². The molecule has 1 heterocycles. The topological polar surface area (TPSA) is 49.4 Å². The molecule has 0 unspecified atom stereocenters. The van der Waals surface area contributed by atoms with E-state index in [9.17, 15) is 9.59 Å². The van der Waals surface area contributed by atoms with Crippen molar-refractivity contribution in [2.75, 3.05) is 4.90 Å². The molecule has 184 valence electrons. The third kappa shape index (κ3) is 6.08. The zero-order valence-corrected chi connectivity index (χ0v) is 22.0. The molecule has 4 nitrogen and oxygen atoms in total. The predicted molar refractivity (Wildman–Crippen MR) is 152 cm³/mol. The number of nitrogens with one attached hydrogen (secondary N) is 1. The van der Waals surface area contributed by atoms with Gasteiger partial charge in [-0.25, -0.2) is 0 Å². The van der Waals surface area contributed by atoms with Gasteiger partial charge in [-0.05, 0) is 71.3 Å². The van der Waals surface area contributed by atoms with Gasteiger partial charge in [0.1, 0.15) is 0 Å². The lowest BCUT2D eigenvalue weighted by Crippen LogP contribution is -2.33. The largest absolute Gasteiger partial charge is 0.348 e. The molecule has 1 aliphatic rings. The zero-order chi connectivity index (χ0) is 25.8. The van der Waals surface area contributed by atoms with Crippen LogP contribution in [-0.2, 0) is 17.9 Å². The highest BCUT2D eigenvalue weighted by molar-refractivity contribution is 8.04. The van der Waals surface area contributed by atoms with Crippen LogP contribution in [-0.4, -0.2) is 11.8 Å². The van der Waals surface area contributed by atoms with Crippen LogP contribution in [0, 0.1) is 0 Å². The minimum atomic E-state index is -0.168. The normalized spacial score (nSPS) is 13.9. The number of carbonyl (C=O) groups excluding carboxylic acids is 2. The van der Waals surface area contributed by atoms with E-state index in [0.29, 0.717) is 33.6 Å². The minimum Gasteiger partial charge on any atom is -0.348 e. The number of para-hydroxylation sites is 1. The summed E-state index contributed by atoms with van der Waals surface area (Å²) >= 11 is 13.5. The van der Waals surface area contributed by atoms with E-state index in [1.807, 2.05) is 78.9 Å². The van der Waals surface area contributed by atoms with E-state index in [2.05, 4.69) is 5.32 Å². The quantitative estimate of drug-likeness (QED) is 0.254. The molecule has 37 heavy (non-hydrogen) atoms. The fraction of sp³-hybridized carbons (Fsp3) is 0.0667. The molecule has 5 rings (SSSR count). The Morgan fingerprint density at radius 2 is 1.59 bits per heavy atom. The third-order valence-corrected chi connectivity index (χ3v) is 7.46. The molecule has 0 saturated heterocycles. The monoisotopic (exact) mass is 544 g/mol. The number of fused-ring (bicyclic) bond motifs is 1. The molecule has 4 aromatic carbocycles.